The van der Waals surface area contributed by atoms with E-state index in [1.54, 1.807) is 0 Å². The van der Waals surface area contributed by atoms with E-state index in [0.717, 1.165) is 42.4 Å². The molecule has 2 aromatic carbocycles. The molecule has 0 unspecified atom stereocenters. The van der Waals surface area contributed by atoms with Gasteiger partial charge in [0.15, 0.2) is 11.5 Å². The molecule has 31 heavy (non-hydrogen) atoms. The van der Waals surface area contributed by atoms with Gasteiger partial charge in [-0.15, -0.1) is 0 Å². The Hall–Kier alpha value is -2.85. The molecule has 0 spiro atoms. The zero-order valence-corrected chi connectivity index (χ0v) is 18.4. The van der Waals surface area contributed by atoms with Crippen molar-refractivity contribution in [2.75, 3.05) is 19.8 Å². The van der Waals surface area contributed by atoms with E-state index in [4.69, 9.17) is 9.47 Å². The first-order valence-corrected chi connectivity index (χ1v) is 11.3. The summed E-state index contributed by atoms with van der Waals surface area (Å²) >= 11 is 0. The highest BCUT2D eigenvalue weighted by Crippen LogP contribution is 2.38. The van der Waals surface area contributed by atoms with E-state index in [2.05, 4.69) is 78.3 Å². The fourth-order valence-electron chi connectivity index (χ4n) is 4.92. The molecular formula is C27H30N2O2. The Morgan fingerprint density at radius 1 is 0.839 bits per heavy atom. The van der Waals surface area contributed by atoms with Crippen LogP contribution in [0.5, 0.6) is 11.5 Å². The number of fused-ring (bicyclic) bond motifs is 1. The molecule has 0 N–H and O–H groups in total. The van der Waals surface area contributed by atoms with Crippen molar-refractivity contribution in [3.63, 3.8) is 0 Å². The molecular weight excluding hydrogens is 384 g/mol. The molecule has 160 valence electrons. The minimum Gasteiger partial charge on any atom is -0.486 e. The van der Waals surface area contributed by atoms with Crippen molar-refractivity contribution in [2.45, 2.75) is 45.7 Å². The minimum atomic E-state index is 0.443. The standard InChI is InChI=1S/C27H30N2O2/c1-19-14-23(15-20(2)28-19)16-21-5-7-22(8-6-21)18-29-11-3-4-25(29)24-9-10-26-27(17-24)31-13-12-30-26/h5-10,14-15,17,25H,3-4,11-13,16,18H2,1-2H3/t25-/m0/s1. The van der Waals surface area contributed by atoms with Crippen LogP contribution in [0.25, 0.3) is 0 Å². The lowest BCUT2D eigenvalue weighted by molar-refractivity contribution is 0.170. The molecule has 0 amide bonds. The van der Waals surface area contributed by atoms with Crippen LogP contribution in [-0.2, 0) is 13.0 Å². The van der Waals surface area contributed by atoms with Gasteiger partial charge in [0.2, 0.25) is 0 Å². The molecule has 1 saturated heterocycles. The van der Waals surface area contributed by atoms with E-state index in [0.29, 0.717) is 19.3 Å². The lowest BCUT2D eigenvalue weighted by atomic mass is 10.0. The van der Waals surface area contributed by atoms with Crippen LogP contribution < -0.4 is 9.47 Å². The number of hydrogen-bond acceptors (Lipinski definition) is 4. The van der Waals surface area contributed by atoms with Gasteiger partial charge in [0.1, 0.15) is 13.2 Å². The number of likely N-dealkylation sites (tertiary alicyclic amines) is 1. The Kier molecular flexibility index (Phi) is 5.65. The van der Waals surface area contributed by atoms with Crippen LogP contribution in [0.3, 0.4) is 0 Å². The maximum absolute atomic E-state index is 5.81. The highest BCUT2D eigenvalue weighted by Gasteiger charge is 2.27. The molecule has 2 aliphatic heterocycles. The molecule has 1 fully saturated rings. The highest BCUT2D eigenvalue weighted by atomic mass is 16.6. The summed E-state index contributed by atoms with van der Waals surface area (Å²) < 4.78 is 11.5. The summed E-state index contributed by atoms with van der Waals surface area (Å²) in [5.74, 6) is 1.76. The normalized spacial score (nSPS) is 18.3. The third-order valence-corrected chi connectivity index (χ3v) is 6.27. The average Bonchev–Trinajstić information content (AvgIpc) is 3.22. The van der Waals surface area contributed by atoms with Crippen molar-refractivity contribution in [1.82, 2.24) is 9.88 Å². The summed E-state index contributed by atoms with van der Waals surface area (Å²) in [6.07, 6.45) is 3.38. The summed E-state index contributed by atoms with van der Waals surface area (Å²) in [5, 5.41) is 0. The fourth-order valence-corrected chi connectivity index (χ4v) is 4.92. The second-order valence-corrected chi connectivity index (χ2v) is 8.78. The van der Waals surface area contributed by atoms with Gasteiger partial charge < -0.3 is 9.47 Å². The quantitative estimate of drug-likeness (QED) is 0.560. The Labute approximate surface area is 184 Å². The van der Waals surface area contributed by atoms with Gasteiger partial charge in [-0.05, 0) is 86.2 Å². The van der Waals surface area contributed by atoms with E-state index in [-0.39, 0.29) is 0 Å². The van der Waals surface area contributed by atoms with Crippen LogP contribution in [0.1, 0.15) is 52.5 Å². The number of aromatic nitrogens is 1. The second kappa shape index (κ2) is 8.72. The van der Waals surface area contributed by atoms with Gasteiger partial charge in [-0.2, -0.15) is 0 Å². The van der Waals surface area contributed by atoms with Crippen molar-refractivity contribution >= 4 is 0 Å². The fraction of sp³-hybridized carbons (Fsp3) is 0.370. The van der Waals surface area contributed by atoms with Crippen LogP contribution in [0.15, 0.2) is 54.6 Å². The summed E-state index contributed by atoms with van der Waals surface area (Å²) in [5.41, 5.74) is 7.56. The number of rotatable bonds is 5. The topological polar surface area (TPSA) is 34.6 Å². The number of ether oxygens (including phenoxy) is 2. The molecule has 0 aliphatic carbocycles. The van der Waals surface area contributed by atoms with Gasteiger partial charge in [0.25, 0.3) is 0 Å². The molecule has 0 radical (unpaired) electrons. The molecule has 4 heteroatoms. The van der Waals surface area contributed by atoms with Crippen molar-refractivity contribution in [1.29, 1.82) is 0 Å². The number of hydrogen-bond donors (Lipinski definition) is 0. The van der Waals surface area contributed by atoms with E-state index in [1.807, 2.05) is 0 Å². The van der Waals surface area contributed by atoms with Crippen molar-refractivity contribution in [3.05, 3.63) is 88.2 Å². The molecule has 5 rings (SSSR count). The molecule has 3 aromatic rings. The molecule has 0 saturated carbocycles. The summed E-state index contributed by atoms with van der Waals surface area (Å²) in [6, 6.07) is 20.4. The lowest BCUT2D eigenvalue weighted by Crippen LogP contribution is -2.23. The van der Waals surface area contributed by atoms with Crippen LogP contribution >= 0.6 is 0 Å². The Morgan fingerprint density at radius 3 is 2.32 bits per heavy atom. The maximum atomic E-state index is 5.81. The summed E-state index contributed by atoms with van der Waals surface area (Å²) in [6.45, 7) is 7.51. The Bertz CT molecular complexity index is 1040. The van der Waals surface area contributed by atoms with Crippen molar-refractivity contribution in [2.24, 2.45) is 0 Å². The third kappa shape index (κ3) is 4.59. The average molecular weight is 415 g/mol. The smallest absolute Gasteiger partial charge is 0.161 e. The predicted octanol–water partition coefficient (Wildman–Crippen LogP) is 5.40. The molecule has 2 aliphatic rings. The molecule has 0 bridgehead atoms. The molecule has 1 atom stereocenters. The van der Waals surface area contributed by atoms with Gasteiger partial charge in [0, 0.05) is 24.0 Å². The summed E-state index contributed by atoms with van der Waals surface area (Å²) in [7, 11) is 0. The number of pyridine rings is 1. The lowest BCUT2D eigenvalue weighted by Gasteiger charge is -2.26. The third-order valence-electron chi connectivity index (χ3n) is 6.27. The van der Waals surface area contributed by atoms with Gasteiger partial charge >= 0.3 is 0 Å². The Morgan fingerprint density at radius 2 is 1.55 bits per heavy atom. The van der Waals surface area contributed by atoms with Gasteiger partial charge in [-0.25, -0.2) is 0 Å². The van der Waals surface area contributed by atoms with Crippen LogP contribution in [-0.4, -0.2) is 29.6 Å². The minimum absolute atomic E-state index is 0.443. The number of aryl methyl sites for hydroxylation is 2. The summed E-state index contributed by atoms with van der Waals surface area (Å²) in [4.78, 5) is 7.08. The SMILES string of the molecule is Cc1cc(Cc2ccc(CN3CCC[C@H]3c3ccc4c(c3)OCCO4)cc2)cc(C)n1. The van der Waals surface area contributed by atoms with Crippen LogP contribution in [0.2, 0.25) is 0 Å². The van der Waals surface area contributed by atoms with E-state index < -0.39 is 0 Å². The zero-order valence-electron chi connectivity index (χ0n) is 18.4. The number of nitrogens with zero attached hydrogens (tertiary/aromatic N) is 2. The Balaban J connectivity index is 1.27. The molecule has 1 aromatic heterocycles. The first-order chi connectivity index (χ1) is 15.1. The van der Waals surface area contributed by atoms with Crippen LogP contribution in [0.4, 0.5) is 0 Å². The van der Waals surface area contributed by atoms with Crippen LogP contribution in [0, 0.1) is 13.8 Å². The van der Waals surface area contributed by atoms with Crippen molar-refractivity contribution in [3.8, 4) is 11.5 Å². The van der Waals surface area contributed by atoms with E-state index in [9.17, 15) is 0 Å². The predicted molar refractivity (Wildman–Crippen MR) is 123 cm³/mol. The maximum Gasteiger partial charge on any atom is 0.161 e. The largest absolute Gasteiger partial charge is 0.486 e. The zero-order chi connectivity index (χ0) is 21.2. The molecule has 3 heterocycles. The first-order valence-electron chi connectivity index (χ1n) is 11.3. The van der Waals surface area contributed by atoms with Gasteiger partial charge in [-0.3, -0.25) is 9.88 Å². The van der Waals surface area contributed by atoms with Gasteiger partial charge in [-0.1, -0.05) is 30.3 Å². The van der Waals surface area contributed by atoms with Crippen molar-refractivity contribution < 1.29 is 9.47 Å². The van der Waals surface area contributed by atoms with E-state index in [1.165, 1.54) is 35.1 Å². The van der Waals surface area contributed by atoms with E-state index >= 15 is 0 Å². The highest BCUT2D eigenvalue weighted by molar-refractivity contribution is 5.45. The van der Waals surface area contributed by atoms with Gasteiger partial charge in [0.05, 0.1) is 0 Å². The first kappa shape index (κ1) is 20.1. The number of benzene rings is 2. The molecule has 4 nitrogen and oxygen atoms in total. The monoisotopic (exact) mass is 414 g/mol. The second-order valence-electron chi connectivity index (χ2n) is 8.78.